The van der Waals surface area contributed by atoms with Crippen molar-refractivity contribution < 1.29 is 0 Å². The Morgan fingerprint density at radius 3 is 2.47 bits per heavy atom. The van der Waals surface area contributed by atoms with Crippen LogP contribution in [0.1, 0.15) is 33.7 Å². The molecule has 2 heterocycles. The molecule has 1 aliphatic rings. The fraction of sp³-hybridized carbons (Fsp3) is 0.692. The maximum atomic E-state index is 12.2. The topological polar surface area (TPSA) is 50.2 Å². The second-order valence-electron chi connectivity index (χ2n) is 5.56. The van der Waals surface area contributed by atoms with Crippen molar-refractivity contribution >= 4 is 21.6 Å². The van der Waals surface area contributed by atoms with Gasteiger partial charge in [-0.3, -0.25) is 4.79 Å². The molecule has 1 fully saturated rings. The first-order valence-corrected chi connectivity index (χ1v) is 7.47. The summed E-state index contributed by atoms with van der Waals surface area (Å²) in [6.45, 7) is 9.98. The van der Waals surface area contributed by atoms with Crippen LogP contribution in [-0.2, 0) is 0 Å². The van der Waals surface area contributed by atoms with Crippen LogP contribution in [0.25, 0.3) is 0 Å². The SMILES string of the molecule is CC1CN(c2cnn(C(C)C)c(=O)c2Br)CC(C)N1. The van der Waals surface area contributed by atoms with Gasteiger partial charge in [-0.15, -0.1) is 0 Å². The van der Waals surface area contributed by atoms with Gasteiger partial charge in [0.1, 0.15) is 4.47 Å². The first kappa shape index (κ1) is 14.5. The van der Waals surface area contributed by atoms with E-state index < -0.39 is 0 Å². The van der Waals surface area contributed by atoms with Gasteiger partial charge in [-0.25, -0.2) is 4.68 Å². The number of nitrogens with zero attached hydrogens (tertiary/aromatic N) is 3. The van der Waals surface area contributed by atoms with Crippen LogP contribution >= 0.6 is 15.9 Å². The molecule has 2 rings (SSSR count). The molecular weight excluding hydrogens is 308 g/mol. The van der Waals surface area contributed by atoms with Gasteiger partial charge in [0.25, 0.3) is 5.56 Å². The van der Waals surface area contributed by atoms with E-state index in [1.54, 1.807) is 6.20 Å². The van der Waals surface area contributed by atoms with Crippen molar-refractivity contribution in [3.8, 4) is 0 Å². The van der Waals surface area contributed by atoms with Gasteiger partial charge in [0.05, 0.1) is 17.9 Å². The van der Waals surface area contributed by atoms with Crippen LogP contribution in [0.15, 0.2) is 15.5 Å². The summed E-state index contributed by atoms with van der Waals surface area (Å²) in [6.07, 6.45) is 1.79. The summed E-state index contributed by atoms with van der Waals surface area (Å²) >= 11 is 3.44. The third-order valence-electron chi connectivity index (χ3n) is 3.31. The van der Waals surface area contributed by atoms with Crippen LogP contribution in [0.3, 0.4) is 0 Å². The zero-order valence-electron chi connectivity index (χ0n) is 11.9. The Balaban J connectivity index is 2.36. The van der Waals surface area contributed by atoms with Crippen LogP contribution < -0.4 is 15.8 Å². The fourth-order valence-corrected chi connectivity index (χ4v) is 3.08. The minimum Gasteiger partial charge on any atom is -0.366 e. The van der Waals surface area contributed by atoms with E-state index in [9.17, 15) is 4.79 Å². The van der Waals surface area contributed by atoms with E-state index in [-0.39, 0.29) is 11.6 Å². The summed E-state index contributed by atoms with van der Waals surface area (Å²) < 4.78 is 2.11. The first-order chi connectivity index (χ1) is 8.90. The van der Waals surface area contributed by atoms with E-state index >= 15 is 0 Å². The standard InChI is InChI=1S/C13H21BrN4O/c1-8(2)18-13(19)12(14)11(5-15-18)17-6-9(3)16-10(4)7-17/h5,8-10,16H,6-7H2,1-4H3. The molecule has 19 heavy (non-hydrogen) atoms. The third-order valence-corrected chi connectivity index (χ3v) is 4.06. The molecular formula is C13H21BrN4O. The Morgan fingerprint density at radius 2 is 1.95 bits per heavy atom. The van der Waals surface area contributed by atoms with Crippen molar-refractivity contribution in [2.45, 2.75) is 45.8 Å². The average molecular weight is 329 g/mol. The minimum absolute atomic E-state index is 0.0636. The van der Waals surface area contributed by atoms with Gasteiger partial charge in [-0.1, -0.05) is 0 Å². The van der Waals surface area contributed by atoms with Crippen molar-refractivity contribution in [3.05, 3.63) is 21.0 Å². The number of aromatic nitrogens is 2. The maximum absolute atomic E-state index is 12.2. The summed E-state index contributed by atoms with van der Waals surface area (Å²) in [5, 5.41) is 7.76. The first-order valence-electron chi connectivity index (χ1n) is 6.68. The lowest BCUT2D eigenvalue weighted by Crippen LogP contribution is -2.54. The number of anilines is 1. The minimum atomic E-state index is -0.0636. The second kappa shape index (κ2) is 5.63. The molecule has 2 unspecified atom stereocenters. The monoisotopic (exact) mass is 328 g/mol. The van der Waals surface area contributed by atoms with E-state index in [1.807, 2.05) is 13.8 Å². The van der Waals surface area contributed by atoms with Crippen LogP contribution in [0.2, 0.25) is 0 Å². The number of hydrogen-bond acceptors (Lipinski definition) is 4. The van der Waals surface area contributed by atoms with E-state index in [0.717, 1.165) is 18.8 Å². The van der Waals surface area contributed by atoms with E-state index in [2.05, 4.69) is 45.1 Å². The second-order valence-corrected chi connectivity index (χ2v) is 6.35. The highest BCUT2D eigenvalue weighted by Crippen LogP contribution is 2.24. The van der Waals surface area contributed by atoms with E-state index in [0.29, 0.717) is 16.6 Å². The molecule has 0 bridgehead atoms. The van der Waals surface area contributed by atoms with E-state index in [1.165, 1.54) is 4.68 Å². The van der Waals surface area contributed by atoms with Crippen LogP contribution in [0.4, 0.5) is 5.69 Å². The lowest BCUT2D eigenvalue weighted by atomic mass is 10.1. The van der Waals surface area contributed by atoms with Gasteiger partial charge >= 0.3 is 0 Å². The molecule has 1 saturated heterocycles. The molecule has 0 saturated carbocycles. The van der Waals surface area contributed by atoms with Gasteiger partial charge in [-0.2, -0.15) is 5.10 Å². The molecule has 0 aliphatic carbocycles. The molecule has 0 amide bonds. The zero-order valence-corrected chi connectivity index (χ0v) is 13.4. The van der Waals surface area contributed by atoms with Crippen molar-refractivity contribution in [2.24, 2.45) is 0 Å². The van der Waals surface area contributed by atoms with Crippen molar-refractivity contribution in [1.82, 2.24) is 15.1 Å². The Hall–Kier alpha value is -0.880. The molecule has 5 nitrogen and oxygen atoms in total. The smallest absolute Gasteiger partial charge is 0.283 e. The molecule has 0 radical (unpaired) electrons. The highest BCUT2D eigenvalue weighted by atomic mass is 79.9. The summed E-state index contributed by atoms with van der Waals surface area (Å²) in [5.74, 6) is 0. The third kappa shape index (κ3) is 3.00. The number of nitrogens with one attached hydrogen (secondary N) is 1. The maximum Gasteiger partial charge on any atom is 0.283 e. The molecule has 1 aliphatic heterocycles. The molecule has 1 aromatic rings. The lowest BCUT2D eigenvalue weighted by Gasteiger charge is -2.37. The van der Waals surface area contributed by atoms with Gasteiger partial charge in [0.15, 0.2) is 0 Å². The Bertz CT molecular complexity index is 504. The van der Waals surface area contributed by atoms with Crippen molar-refractivity contribution in [1.29, 1.82) is 0 Å². The fourth-order valence-electron chi connectivity index (χ4n) is 2.55. The summed E-state index contributed by atoms with van der Waals surface area (Å²) in [7, 11) is 0. The Kier molecular flexibility index (Phi) is 4.30. The lowest BCUT2D eigenvalue weighted by molar-refractivity contribution is 0.405. The quantitative estimate of drug-likeness (QED) is 0.899. The molecule has 0 aromatic carbocycles. The largest absolute Gasteiger partial charge is 0.366 e. The number of hydrogen-bond donors (Lipinski definition) is 1. The molecule has 1 aromatic heterocycles. The molecule has 6 heteroatoms. The normalized spacial score (nSPS) is 24.0. The van der Waals surface area contributed by atoms with Crippen LogP contribution in [0, 0.1) is 0 Å². The van der Waals surface area contributed by atoms with E-state index in [4.69, 9.17) is 0 Å². The molecule has 1 N–H and O–H groups in total. The Morgan fingerprint density at radius 1 is 1.37 bits per heavy atom. The van der Waals surface area contributed by atoms with Gasteiger partial charge in [0.2, 0.25) is 0 Å². The van der Waals surface area contributed by atoms with Gasteiger partial charge < -0.3 is 10.2 Å². The van der Waals surface area contributed by atoms with Crippen molar-refractivity contribution in [2.75, 3.05) is 18.0 Å². The predicted octanol–water partition coefficient (Wildman–Crippen LogP) is 1.77. The molecule has 106 valence electrons. The van der Waals surface area contributed by atoms with Gasteiger partial charge in [0, 0.05) is 25.2 Å². The summed E-state index contributed by atoms with van der Waals surface area (Å²) in [4.78, 5) is 14.5. The molecule has 2 atom stereocenters. The predicted molar refractivity (Wildman–Crippen MR) is 80.9 cm³/mol. The summed E-state index contributed by atoms with van der Waals surface area (Å²) in [5.41, 5.74) is 0.827. The number of piperazine rings is 1. The zero-order chi connectivity index (χ0) is 14.2. The number of halogens is 1. The van der Waals surface area contributed by atoms with Crippen LogP contribution in [0.5, 0.6) is 0 Å². The molecule has 0 spiro atoms. The summed E-state index contributed by atoms with van der Waals surface area (Å²) in [6, 6.07) is 0.880. The highest BCUT2D eigenvalue weighted by Gasteiger charge is 2.24. The Labute approximate surface area is 122 Å². The van der Waals surface area contributed by atoms with Gasteiger partial charge in [-0.05, 0) is 43.6 Å². The van der Waals surface area contributed by atoms with Crippen LogP contribution in [-0.4, -0.2) is 35.0 Å². The number of rotatable bonds is 2. The average Bonchev–Trinajstić information content (AvgIpc) is 2.30. The highest BCUT2D eigenvalue weighted by molar-refractivity contribution is 9.10. The van der Waals surface area contributed by atoms with Crippen molar-refractivity contribution in [3.63, 3.8) is 0 Å².